The zero-order chi connectivity index (χ0) is 17.0. The van der Waals surface area contributed by atoms with E-state index in [0.717, 1.165) is 5.56 Å². The van der Waals surface area contributed by atoms with Gasteiger partial charge >= 0.3 is 6.03 Å². The molecule has 0 aliphatic rings. The average molecular weight is 333 g/mol. The summed E-state index contributed by atoms with van der Waals surface area (Å²) in [6.07, 6.45) is 0. The predicted molar refractivity (Wildman–Crippen MR) is 90.7 cm³/mol. The monoisotopic (exact) mass is 333 g/mol. The fourth-order valence-corrected chi connectivity index (χ4v) is 3.39. The van der Waals surface area contributed by atoms with Gasteiger partial charge in [0.15, 0.2) is 0 Å². The largest absolute Gasteiger partial charge is 0.334 e. The number of benzene rings is 1. The third-order valence-electron chi connectivity index (χ3n) is 3.47. The zero-order valence-electron chi connectivity index (χ0n) is 13.3. The highest BCUT2D eigenvalue weighted by atomic mass is 32.1. The van der Waals surface area contributed by atoms with Crippen LogP contribution in [0.15, 0.2) is 30.3 Å². The molecule has 1 aromatic heterocycles. The highest BCUT2D eigenvalue weighted by Gasteiger charge is 2.14. The van der Waals surface area contributed by atoms with E-state index >= 15 is 0 Å². The van der Waals surface area contributed by atoms with Crippen molar-refractivity contribution in [3.63, 3.8) is 0 Å². The molecule has 0 spiro atoms. The number of nitrogens with one attached hydrogen (secondary N) is 2. The first kappa shape index (κ1) is 17.0. The van der Waals surface area contributed by atoms with Gasteiger partial charge < -0.3 is 10.6 Å². The first-order valence-electron chi connectivity index (χ1n) is 7.21. The van der Waals surface area contributed by atoms with Crippen molar-refractivity contribution in [1.82, 2.24) is 10.6 Å². The Hall–Kier alpha value is -2.41. The second kappa shape index (κ2) is 7.23. The van der Waals surface area contributed by atoms with E-state index in [1.54, 1.807) is 23.5 Å². The summed E-state index contributed by atoms with van der Waals surface area (Å²) in [5, 5.41) is 16.3. The Morgan fingerprint density at radius 1 is 1.35 bits per heavy atom. The number of nitrogens with zero attached hydrogens (tertiary/aromatic N) is 1. The van der Waals surface area contributed by atoms with Gasteiger partial charge in [-0.1, -0.05) is 12.1 Å². The van der Waals surface area contributed by atoms with Gasteiger partial charge in [0.1, 0.15) is 0 Å². The van der Waals surface area contributed by atoms with Crippen molar-refractivity contribution in [2.24, 2.45) is 0 Å². The van der Waals surface area contributed by atoms with Crippen LogP contribution in [0.1, 0.15) is 33.8 Å². The van der Waals surface area contributed by atoms with Crippen LogP contribution in [0, 0.1) is 24.0 Å². The molecule has 0 aliphatic carbocycles. The molecule has 1 unspecified atom stereocenters. The molecule has 0 saturated heterocycles. The molecule has 0 saturated carbocycles. The molecule has 2 aromatic rings. The minimum Gasteiger partial charge on any atom is -0.334 e. The normalized spacial score (nSPS) is 11.8. The van der Waals surface area contributed by atoms with Gasteiger partial charge in [-0.05, 0) is 38.0 Å². The second-order valence-electron chi connectivity index (χ2n) is 5.34. The lowest BCUT2D eigenvalue weighted by atomic mass is 10.1. The van der Waals surface area contributed by atoms with E-state index in [4.69, 9.17) is 0 Å². The lowest BCUT2D eigenvalue weighted by Crippen LogP contribution is -2.36. The third-order valence-corrected chi connectivity index (χ3v) is 4.45. The van der Waals surface area contributed by atoms with E-state index < -0.39 is 4.92 Å². The van der Waals surface area contributed by atoms with E-state index in [9.17, 15) is 14.9 Å². The standard InChI is InChI=1S/C16H19N3O3S/c1-10-7-15(12(3)23-10)11(2)18-16(20)17-9-13-5-4-6-14(8-13)19(21)22/h4-8,11H,9H2,1-3H3,(H2,17,18,20). The third kappa shape index (κ3) is 4.53. The van der Waals surface area contributed by atoms with Crippen molar-refractivity contribution in [1.29, 1.82) is 0 Å². The Balaban J connectivity index is 1.91. The van der Waals surface area contributed by atoms with Crippen LogP contribution in [0.5, 0.6) is 0 Å². The summed E-state index contributed by atoms with van der Waals surface area (Å²) in [6, 6.07) is 7.91. The van der Waals surface area contributed by atoms with Crippen LogP contribution in [0.4, 0.5) is 10.5 Å². The molecule has 1 heterocycles. The van der Waals surface area contributed by atoms with E-state index in [1.807, 2.05) is 20.8 Å². The Labute approximate surface area is 138 Å². The molecule has 1 atom stereocenters. The first-order valence-corrected chi connectivity index (χ1v) is 8.03. The number of amides is 2. The van der Waals surface area contributed by atoms with Crippen molar-refractivity contribution in [3.8, 4) is 0 Å². The number of nitro benzene ring substituents is 1. The van der Waals surface area contributed by atoms with Gasteiger partial charge in [-0.25, -0.2) is 4.79 Å². The SMILES string of the molecule is Cc1cc(C(C)NC(=O)NCc2cccc([N+](=O)[O-])c2)c(C)s1. The van der Waals surface area contributed by atoms with Crippen LogP contribution < -0.4 is 10.6 Å². The Morgan fingerprint density at radius 3 is 2.70 bits per heavy atom. The predicted octanol–water partition coefficient (Wildman–Crippen LogP) is 3.83. The molecule has 2 amide bonds. The van der Waals surface area contributed by atoms with Gasteiger partial charge in [-0.15, -0.1) is 11.3 Å². The number of hydrogen-bond acceptors (Lipinski definition) is 4. The van der Waals surface area contributed by atoms with E-state index in [1.165, 1.54) is 21.9 Å². The summed E-state index contributed by atoms with van der Waals surface area (Å²) in [5.41, 5.74) is 1.81. The molecule has 23 heavy (non-hydrogen) atoms. The zero-order valence-corrected chi connectivity index (χ0v) is 14.1. The van der Waals surface area contributed by atoms with Gasteiger partial charge in [-0.2, -0.15) is 0 Å². The Kier molecular flexibility index (Phi) is 5.33. The Morgan fingerprint density at radius 2 is 2.09 bits per heavy atom. The van der Waals surface area contributed by atoms with Gasteiger partial charge in [-0.3, -0.25) is 10.1 Å². The van der Waals surface area contributed by atoms with E-state index in [0.29, 0.717) is 5.56 Å². The van der Waals surface area contributed by atoms with Crippen LogP contribution in [-0.4, -0.2) is 11.0 Å². The summed E-state index contributed by atoms with van der Waals surface area (Å²) in [6.45, 7) is 6.24. The van der Waals surface area contributed by atoms with E-state index in [-0.39, 0.29) is 24.3 Å². The van der Waals surface area contributed by atoms with Crippen molar-refractivity contribution < 1.29 is 9.72 Å². The number of nitro groups is 1. The van der Waals surface area contributed by atoms with Crippen LogP contribution >= 0.6 is 11.3 Å². The smallest absolute Gasteiger partial charge is 0.315 e. The van der Waals surface area contributed by atoms with E-state index in [2.05, 4.69) is 16.7 Å². The number of thiophene rings is 1. The minimum absolute atomic E-state index is 0.0162. The quantitative estimate of drug-likeness (QED) is 0.644. The fourth-order valence-electron chi connectivity index (χ4n) is 2.37. The molecule has 2 rings (SSSR count). The minimum atomic E-state index is -0.451. The summed E-state index contributed by atoms with van der Waals surface area (Å²) in [5.74, 6) is 0. The van der Waals surface area contributed by atoms with Gasteiger partial charge in [0.05, 0.1) is 11.0 Å². The van der Waals surface area contributed by atoms with Gasteiger partial charge in [0, 0.05) is 28.4 Å². The Bertz CT molecular complexity index is 727. The summed E-state index contributed by atoms with van der Waals surface area (Å²) in [7, 11) is 0. The number of urea groups is 1. The lowest BCUT2D eigenvalue weighted by molar-refractivity contribution is -0.384. The number of carbonyl (C=O) groups excluding carboxylic acids is 1. The molecular weight excluding hydrogens is 314 g/mol. The summed E-state index contributed by atoms with van der Waals surface area (Å²) in [4.78, 5) is 24.7. The maximum Gasteiger partial charge on any atom is 0.315 e. The molecule has 0 fully saturated rings. The second-order valence-corrected chi connectivity index (χ2v) is 6.80. The van der Waals surface area contributed by atoms with Crippen molar-refractivity contribution in [2.75, 3.05) is 0 Å². The number of hydrogen-bond donors (Lipinski definition) is 2. The molecule has 122 valence electrons. The molecule has 0 radical (unpaired) electrons. The molecule has 0 aliphatic heterocycles. The fraction of sp³-hybridized carbons (Fsp3) is 0.312. The van der Waals surface area contributed by atoms with Crippen molar-refractivity contribution in [3.05, 3.63) is 61.3 Å². The highest BCUT2D eigenvalue weighted by molar-refractivity contribution is 7.12. The first-order chi connectivity index (χ1) is 10.9. The maximum atomic E-state index is 12.0. The molecule has 1 aromatic carbocycles. The molecule has 0 bridgehead atoms. The van der Waals surface area contributed by atoms with Crippen LogP contribution in [0.25, 0.3) is 0 Å². The number of carbonyl (C=O) groups is 1. The van der Waals surface area contributed by atoms with Crippen molar-refractivity contribution >= 4 is 23.1 Å². The summed E-state index contributed by atoms with van der Waals surface area (Å²) >= 11 is 1.70. The van der Waals surface area contributed by atoms with Gasteiger partial charge in [0.2, 0.25) is 0 Å². The molecule has 7 heteroatoms. The molecule has 2 N–H and O–H groups in total. The highest BCUT2D eigenvalue weighted by Crippen LogP contribution is 2.26. The lowest BCUT2D eigenvalue weighted by Gasteiger charge is -2.14. The van der Waals surface area contributed by atoms with Crippen LogP contribution in [0.3, 0.4) is 0 Å². The summed E-state index contributed by atoms with van der Waals surface area (Å²) < 4.78 is 0. The topological polar surface area (TPSA) is 84.3 Å². The number of rotatable bonds is 5. The van der Waals surface area contributed by atoms with Crippen LogP contribution in [-0.2, 0) is 6.54 Å². The van der Waals surface area contributed by atoms with Gasteiger partial charge in [0.25, 0.3) is 5.69 Å². The average Bonchev–Trinajstić information content (AvgIpc) is 2.84. The maximum absolute atomic E-state index is 12.0. The van der Waals surface area contributed by atoms with Crippen LogP contribution in [0.2, 0.25) is 0 Å². The molecular formula is C16H19N3O3S. The van der Waals surface area contributed by atoms with Crippen molar-refractivity contribution in [2.45, 2.75) is 33.4 Å². The molecule has 6 nitrogen and oxygen atoms in total. The number of non-ortho nitro benzene ring substituents is 1. The number of aryl methyl sites for hydroxylation is 2.